The molecule has 2 aromatic rings. The molecule has 0 aromatic heterocycles. The number of benzene rings is 2. The Bertz CT molecular complexity index is 833. The van der Waals surface area contributed by atoms with E-state index in [1.807, 2.05) is 55.5 Å². The first-order valence-corrected chi connectivity index (χ1v) is 8.63. The Morgan fingerprint density at radius 2 is 1.84 bits per heavy atom. The molecule has 1 aliphatic rings. The van der Waals surface area contributed by atoms with Gasteiger partial charge >= 0.3 is 6.03 Å². The van der Waals surface area contributed by atoms with Crippen molar-refractivity contribution < 1.29 is 9.59 Å². The van der Waals surface area contributed by atoms with Crippen LogP contribution in [0.1, 0.15) is 17.2 Å². The summed E-state index contributed by atoms with van der Waals surface area (Å²) in [5.41, 5.74) is 2.96. The van der Waals surface area contributed by atoms with Gasteiger partial charge in [-0.15, -0.1) is 0 Å². The molecule has 0 bridgehead atoms. The Morgan fingerprint density at radius 3 is 2.52 bits per heavy atom. The molecule has 6 heteroatoms. The third-order valence-corrected chi connectivity index (χ3v) is 4.72. The number of carbonyl (C=O) groups excluding carboxylic acids is 2. The third-order valence-electron chi connectivity index (χ3n) is 4.19. The maximum Gasteiger partial charge on any atom is 0.319 e. The standard InChI is InChI=1S/C19H18BrN3O2/c1-11-5-3-4-6-15(11)17-16(12(2)21-19(25)23-17)18(24)22-14-9-7-13(20)8-10-14/h3-10,16-17H,2H2,1H3,(H,22,24)(H2,21,23,25)/t16-,17+/m0/s1. The summed E-state index contributed by atoms with van der Waals surface area (Å²) in [6.45, 7) is 5.84. The second-order valence-electron chi connectivity index (χ2n) is 5.93. The molecule has 1 fully saturated rings. The molecule has 1 heterocycles. The molecule has 0 saturated carbocycles. The minimum absolute atomic E-state index is 0.229. The largest absolute Gasteiger partial charge is 0.330 e. The number of anilines is 1. The molecular formula is C19H18BrN3O2. The summed E-state index contributed by atoms with van der Waals surface area (Å²) in [5, 5.41) is 8.35. The number of amides is 3. The number of halogens is 1. The van der Waals surface area contributed by atoms with E-state index in [0.29, 0.717) is 11.4 Å². The Hall–Kier alpha value is -2.60. The molecule has 25 heavy (non-hydrogen) atoms. The summed E-state index contributed by atoms with van der Waals surface area (Å²) in [7, 11) is 0. The molecular weight excluding hydrogens is 382 g/mol. The topological polar surface area (TPSA) is 70.2 Å². The van der Waals surface area contributed by atoms with Crippen molar-refractivity contribution in [3.63, 3.8) is 0 Å². The zero-order valence-corrected chi connectivity index (χ0v) is 15.3. The fourth-order valence-corrected chi connectivity index (χ4v) is 3.21. The van der Waals surface area contributed by atoms with Crippen LogP contribution in [0.2, 0.25) is 0 Å². The smallest absolute Gasteiger partial charge is 0.319 e. The normalized spacial score (nSPS) is 19.8. The van der Waals surface area contributed by atoms with Crippen LogP contribution in [-0.2, 0) is 4.79 Å². The van der Waals surface area contributed by atoms with Gasteiger partial charge in [-0.3, -0.25) is 4.79 Å². The molecule has 3 amide bonds. The van der Waals surface area contributed by atoms with Crippen LogP contribution in [0, 0.1) is 12.8 Å². The van der Waals surface area contributed by atoms with E-state index in [1.54, 1.807) is 0 Å². The van der Waals surface area contributed by atoms with Crippen molar-refractivity contribution in [1.82, 2.24) is 10.6 Å². The lowest BCUT2D eigenvalue weighted by molar-refractivity contribution is -0.119. The summed E-state index contributed by atoms with van der Waals surface area (Å²) >= 11 is 3.37. The lowest BCUT2D eigenvalue weighted by Crippen LogP contribution is -2.52. The predicted molar refractivity (Wildman–Crippen MR) is 101 cm³/mol. The molecule has 1 aliphatic heterocycles. The summed E-state index contributed by atoms with van der Waals surface area (Å²) in [6, 6.07) is 14.2. The first-order valence-electron chi connectivity index (χ1n) is 7.84. The summed E-state index contributed by atoms with van der Waals surface area (Å²) in [6.07, 6.45) is 0. The average molecular weight is 400 g/mol. The van der Waals surface area contributed by atoms with Crippen molar-refractivity contribution in [2.75, 3.05) is 5.32 Å². The number of urea groups is 1. The predicted octanol–water partition coefficient (Wildman–Crippen LogP) is 3.88. The third kappa shape index (κ3) is 3.74. The van der Waals surface area contributed by atoms with Crippen LogP contribution in [0.4, 0.5) is 10.5 Å². The number of carbonyl (C=O) groups is 2. The van der Waals surface area contributed by atoms with E-state index in [9.17, 15) is 9.59 Å². The number of nitrogens with one attached hydrogen (secondary N) is 3. The highest BCUT2D eigenvalue weighted by atomic mass is 79.9. The van der Waals surface area contributed by atoms with Crippen LogP contribution >= 0.6 is 15.9 Å². The second kappa shape index (κ2) is 7.11. The molecule has 3 rings (SSSR count). The highest BCUT2D eigenvalue weighted by Gasteiger charge is 2.38. The Morgan fingerprint density at radius 1 is 1.16 bits per heavy atom. The van der Waals surface area contributed by atoms with Crippen LogP contribution in [0.25, 0.3) is 0 Å². The fourth-order valence-electron chi connectivity index (χ4n) is 2.94. The van der Waals surface area contributed by atoms with E-state index >= 15 is 0 Å². The van der Waals surface area contributed by atoms with Crippen molar-refractivity contribution in [1.29, 1.82) is 0 Å². The van der Waals surface area contributed by atoms with E-state index in [0.717, 1.165) is 15.6 Å². The molecule has 0 unspecified atom stereocenters. The Kier molecular flexibility index (Phi) is 4.90. The molecule has 2 atom stereocenters. The number of aryl methyl sites for hydroxylation is 1. The Balaban J connectivity index is 1.91. The van der Waals surface area contributed by atoms with E-state index in [2.05, 4.69) is 38.5 Å². The van der Waals surface area contributed by atoms with Gasteiger partial charge in [0.15, 0.2) is 0 Å². The number of rotatable bonds is 3. The number of hydrogen-bond acceptors (Lipinski definition) is 2. The van der Waals surface area contributed by atoms with Crippen LogP contribution < -0.4 is 16.0 Å². The van der Waals surface area contributed by atoms with Gasteiger partial charge in [-0.05, 0) is 42.3 Å². The van der Waals surface area contributed by atoms with E-state index in [-0.39, 0.29) is 11.9 Å². The van der Waals surface area contributed by atoms with Gasteiger partial charge in [0, 0.05) is 15.9 Å². The van der Waals surface area contributed by atoms with E-state index in [1.165, 1.54) is 0 Å². The first kappa shape index (κ1) is 17.2. The lowest BCUT2D eigenvalue weighted by atomic mass is 9.86. The molecule has 5 nitrogen and oxygen atoms in total. The van der Waals surface area contributed by atoms with Crippen LogP contribution in [-0.4, -0.2) is 11.9 Å². The zero-order valence-electron chi connectivity index (χ0n) is 13.7. The molecule has 0 radical (unpaired) electrons. The molecule has 1 saturated heterocycles. The van der Waals surface area contributed by atoms with Gasteiger partial charge in [0.2, 0.25) is 5.91 Å². The fraction of sp³-hybridized carbons (Fsp3) is 0.158. The minimum Gasteiger partial charge on any atom is -0.330 e. The van der Waals surface area contributed by atoms with Gasteiger partial charge in [-0.1, -0.05) is 46.8 Å². The molecule has 0 aliphatic carbocycles. The molecule has 2 aromatic carbocycles. The summed E-state index contributed by atoms with van der Waals surface area (Å²) in [4.78, 5) is 24.8. The van der Waals surface area contributed by atoms with E-state index < -0.39 is 12.0 Å². The van der Waals surface area contributed by atoms with Gasteiger partial charge in [0.25, 0.3) is 0 Å². The first-order chi connectivity index (χ1) is 12.0. The molecule has 0 spiro atoms. The van der Waals surface area contributed by atoms with Gasteiger partial charge in [0.1, 0.15) is 5.92 Å². The quantitative estimate of drug-likeness (QED) is 0.732. The van der Waals surface area contributed by atoms with Gasteiger partial charge < -0.3 is 16.0 Å². The highest BCUT2D eigenvalue weighted by molar-refractivity contribution is 9.10. The van der Waals surface area contributed by atoms with Crippen LogP contribution in [0.3, 0.4) is 0 Å². The Labute approximate surface area is 154 Å². The summed E-state index contributed by atoms with van der Waals surface area (Å²) in [5.74, 6) is -0.851. The highest BCUT2D eigenvalue weighted by Crippen LogP contribution is 2.32. The molecule has 128 valence electrons. The van der Waals surface area contributed by atoms with Crippen molar-refractivity contribution in [3.8, 4) is 0 Å². The average Bonchev–Trinajstić information content (AvgIpc) is 2.56. The van der Waals surface area contributed by atoms with Gasteiger partial charge in [-0.25, -0.2) is 4.79 Å². The van der Waals surface area contributed by atoms with Gasteiger partial charge in [0.05, 0.1) is 6.04 Å². The SMILES string of the molecule is C=C1NC(=O)N[C@H](c2ccccc2C)[C@H]1C(=O)Nc1ccc(Br)cc1. The van der Waals surface area contributed by atoms with Crippen molar-refractivity contribution in [2.45, 2.75) is 13.0 Å². The van der Waals surface area contributed by atoms with E-state index in [4.69, 9.17) is 0 Å². The zero-order chi connectivity index (χ0) is 18.0. The minimum atomic E-state index is -0.623. The van der Waals surface area contributed by atoms with Crippen molar-refractivity contribution in [2.24, 2.45) is 5.92 Å². The second-order valence-corrected chi connectivity index (χ2v) is 6.85. The summed E-state index contributed by atoms with van der Waals surface area (Å²) < 4.78 is 0.930. The maximum atomic E-state index is 12.9. The monoisotopic (exact) mass is 399 g/mol. The van der Waals surface area contributed by atoms with Crippen molar-refractivity contribution in [3.05, 3.63) is 76.4 Å². The van der Waals surface area contributed by atoms with Crippen molar-refractivity contribution >= 4 is 33.6 Å². The van der Waals surface area contributed by atoms with Crippen LogP contribution in [0.5, 0.6) is 0 Å². The molecule has 3 N–H and O–H groups in total. The number of hydrogen-bond donors (Lipinski definition) is 3. The van der Waals surface area contributed by atoms with Crippen LogP contribution in [0.15, 0.2) is 65.3 Å². The van der Waals surface area contributed by atoms with Gasteiger partial charge in [-0.2, -0.15) is 0 Å². The lowest BCUT2D eigenvalue weighted by Gasteiger charge is -2.34. The maximum absolute atomic E-state index is 12.9.